The molecule has 2 fully saturated rings. The van der Waals surface area contributed by atoms with Crippen LogP contribution in [0.2, 0.25) is 0 Å². The molecule has 1 aliphatic carbocycles. The number of carbonyl (C=O) groups excluding carboxylic acids is 2. The fourth-order valence-corrected chi connectivity index (χ4v) is 4.23. The number of ether oxygens (including phenoxy) is 1. The summed E-state index contributed by atoms with van der Waals surface area (Å²) in [6.45, 7) is 0.253. The van der Waals surface area contributed by atoms with Crippen LogP contribution in [0, 0.1) is 0 Å². The van der Waals surface area contributed by atoms with Crippen LogP contribution in [-0.2, 0) is 14.3 Å². The van der Waals surface area contributed by atoms with Crippen molar-refractivity contribution in [2.24, 2.45) is 0 Å². The Labute approximate surface area is 199 Å². The number of halogens is 2. The number of carbonyl (C=O) groups is 2. The molecule has 5 rings (SSSR count). The molecule has 1 unspecified atom stereocenters. The molecule has 3 aromatic rings. The fourth-order valence-electron chi connectivity index (χ4n) is 4.23. The molecule has 0 bridgehead atoms. The molecule has 11 heteroatoms. The lowest BCUT2D eigenvalue weighted by atomic mass is 9.92. The van der Waals surface area contributed by atoms with Crippen LogP contribution >= 0.6 is 0 Å². The highest BCUT2D eigenvalue weighted by molar-refractivity contribution is 6.04. The summed E-state index contributed by atoms with van der Waals surface area (Å²) in [6.07, 6.45) is 6.19. The van der Waals surface area contributed by atoms with Gasteiger partial charge < -0.3 is 14.5 Å². The fraction of sp³-hybridized carbons (Fsp3) is 0.375. The Balaban J connectivity index is 1.47. The molecular formula is C24H23F2N5O4. The maximum Gasteiger partial charge on any atom is 0.259 e. The summed E-state index contributed by atoms with van der Waals surface area (Å²) in [4.78, 5) is 40.2. The predicted molar refractivity (Wildman–Crippen MR) is 119 cm³/mol. The minimum Gasteiger partial charge on any atom is -0.444 e. The lowest BCUT2D eigenvalue weighted by molar-refractivity contribution is -0.128. The number of nitrogens with zero attached hydrogens (tertiary/aromatic N) is 4. The molecule has 1 saturated heterocycles. The van der Waals surface area contributed by atoms with Gasteiger partial charge in [0.25, 0.3) is 5.91 Å². The minimum atomic E-state index is -2.72. The van der Waals surface area contributed by atoms with Gasteiger partial charge >= 0.3 is 0 Å². The zero-order chi connectivity index (χ0) is 24.4. The molecule has 35 heavy (non-hydrogen) atoms. The van der Waals surface area contributed by atoms with Crippen molar-refractivity contribution in [2.45, 2.75) is 49.8 Å². The van der Waals surface area contributed by atoms with Crippen LogP contribution < -0.4 is 10.2 Å². The normalized spacial score (nSPS) is 20.1. The number of oxazole rings is 1. The zero-order valence-electron chi connectivity index (χ0n) is 18.6. The van der Waals surface area contributed by atoms with E-state index in [0.29, 0.717) is 17.0 Å². The Morgan fingerprint density at radius 3 is 2.34 bits per heavy atom. The van der Waals surface area contributed by atoms with E-state index in [2.05, 4.69) is 20.3 Å². The molecule has 0 spiro atoms. The van der Waals surface area contributed by atoms with Crippen molar-refractivity contribution in [2.75, 3.05) is 11.5 Å². The number of benzene rings is 1. The predicted octanol–water partition coefficient (Wildman–Crippen LogP) is 3.30. The molecule has 2 amide bonds. The molecule has 1 saturated carbocycles. The topological polar surface area (TPSA) is 114 Å². The molecule has 1 aromatic carbocycles. The second kappa shape index (κ2) is 9.49. The molecule has 1 N–H and O–H groups in total. The monoisotopic (exact) mass is 483 g/mol. The largest absolute Gasteiger partial charge is 0.444 e. The number of nitrogens with one attached hydrogen (secondary N) is 1. The number of rotatable bonds is 7. The summed E-state index contributed by atoms with van der Waals surface area (Å²) in [6, 6.07) is 5.36. The van der Waals surface area contributed by atoms with E-state index in [1.807, 2.05) is 0 Å². The Kier molecular flexibility index (Phi) is 6.25. The lowest BCUT2D eigenvalue weighted by Gasteiger charge is -2.34. The first-order valence-corrected chi connectivity index (χ1v) is 11.3. The van der Waals surface area contributed by atoms with E-state index in [1.54, 1.807) is 30.5 Å². The maximum absolute atomic E-state index is 13.6. The van der Waals surface area contributed by atoms with E-state index in [4.69, 9.17) is 9.15 Å². The molecule has 3 heterocycles. The van der Waals surface area contributed by atoms with Gasteiger partial charge in [-0.05, 0) is 37.1 Å². The Hall–Kier alpha value is -3.73. The number of anilines is 1. The summed E-state index contributed by atoms with van der Waals surface area (Å²) < 4.78 is 37.8. The molecule has 9 nitrogen and oxygen atoms in total. The first-order valence-electron chi connectivity index (χ1n) is 11.3. The van der Waals surface area contributed by atoms with Crippen LogP contribution in [-0.4, -0.2) is 51.4 Å². The highest BCUT2D eigenvalue weighted by Crippen LogP contribution is 2.35. The van der Waals surface area contributed by atoms with Gasteiger partial charge in [0, 0.05) is 48.1 Å². The molecular weight excluding hydrogens is 460 g/mol. The average molecular weight is 483 g/mol. The summed E-state index contributed by atoms with van der Waals surface area (Å²) >= 11 is 0. The third-order valence-corrected chi connectivity index (χ3v) is 6.17. The van der Waals surface area contributed by atoms with Crippen molar-refractivity contribution in [1.82, 2.24) is 20.3 Å². The van der Waals surface area contributed by atoms with Crippen LogP contribution in [0.15, 0.2) is 60.0 Å². The Morgan fingerprint density at radius 2 is 1.74 bits per heavy atom. The SMILES string of the molecule is O=C(NC1CCC(F)(F)CC1)C(c1cncnc1)N(C(=O)[C@@H]1CO1)c1ccc(-c2cnco2)cc1. The first kappa shape index (κ1) is 23.0. The average Bonchev–Trinajstić information content (AvgIpc) is 3.58. The van der Waals surface area contributed by atoms with Gasteiger partial charge in [0.1, 0.15) is 12.4 Å². The molecule has 1 aliphatic heterocycles. The van der Waals surface area contributed by atoms with Crippen LogP contribution in [0.4, 0.5) is 14.5 Å². The lowest BCUT2D eigenvalue weighted by Crippen LogP contribution is -2.49. The van der Waals surface area contributed by atoms with E-state index >= 15 is 0 Å². The van der Waals surface area contributed by atoms with Crippen LogP contribution in [0.3, 0.4) is 0 Å². The van der Waals surface area contributed by atoms with Gasteiger partial charge in [-0.1, -0.05) is 0 Å². The van der Waals surface area contributed by atoms with Crippen molar-refractivity contribution < 1.29 is 27.5 Å². The number of alkyl halides is 2. The Bertz CT molecular complexity index is 1160. The molecule has 2 aliphatic rings. The second-order valence-electron chi connectivity index (χ2n) is 8.66. The van der Waals surface area contributed by atoms with Crippen LogP contribution in [0.25, 0.3) is 11.3 Å². The third kappa shape index (κ3) is 5.19. The molecule has 0 radical (unpaired) electrons. The van der Waals surface area contributed by atoms with E-state index in [-0.39, 0.29) is 32.3 Å². The molecule has 182 valence electrons. The quantitative estimate of drug-likeness (QED) is 0.513. The van der Waals surface area contributed by atoms with Gasteiger partial charge in [0.2, 0.25) is 11.8 Å². The van der Waals surface area contributed by atoms with Crippen molar-refractivity contribution >= 4 is 17.5 Å². The first-order chi connectivity index (χ1) is 16.9. The van der Waals surface area contributed by atoms with Gasteiger partial charge in [-0.2, -0.15) is 0 Å². The highest BCUT2D eigenvalue weighted by Gasteiger charge is 2.43. The second-order valence-corrected chi connectivity index (χ2v) is 8.66. The van der Waals surface area contributed by atoms with Gasteiger partial charge in [-0.25, -0.2) is 23.7 Å². The highest BCUT2D eigenvalue weighted by atomic mass is 19.3. The molecule has 2 aromatic heterocycles. The van der Waals surface area contributed by atoms with Crippen molar-refractivity contribution in [3.8, 4) is 11.3 Å². The zero-order valence-corrected chi connectivity index (χ0v) is 18.6. The van der Waals surface area contributed by atoms with E-state index in [1.165, 1.54) is 30.0 Å². The van der Waals surface area contributed by atoms with Gasteiger partial charge in [-0.15, -0.1) is 0 Å². The van der Waals surface area contributed by atoms with E-state index in [0.717, 1.165) is 5.56 Å². The third-order valence-electron chi connectivity index (χ3n) is 6.17. The summed E-state index contributed by atoms with van der Waals surface area (Å²) in [5, 5.41) is 2.87. The van der Waals surface area contributed by atoms with E-state index < -0.39 is 35.9 Å². The Morgan fingerprint density at radius 1 is 1.06 bits per heavy atom. The van der Waals surface area contributed by atoms with Crippen molar-refractivity contribution in [3.63, 3.8) is 0 Å². The number of amides is 2. The van der Waals surface area contributed by atoms with E-state index in [9.17, 15) is 18.4 Å². The number of hydrogen-bond acceptors (Lipinski definition) is 7. The van der Waals surface area contributed by atoms with Crippen LogP contribution in [0.5, 0.6) is 0 Å². The van der Waals surface area contributed by atoms with Gasteiger partial charge in [0.15, 0.2) is 18.3 Å². The van der Waals surface area contributed by atoms with Crippen molar-refractivity contribution in [3.05, 3.63) is 61.1 Å². The number of aromatic nitrogens is 3. The van der Waals surface area contributed by atoms with Crippen molar-refractivity contribution in [1.29, 1.82) is 0 Å². The summed E-state index contributed by atoms with van der Waals surface area (Å²) in [5.41, 5.74) is 1.58. The van der Waals surface area contributed by atoms with Crippen LogP contribution in [0.1, 0.15) is 37.3 Å². The summed E-state index contributed by atoms with van der Waals surface area (Å²) in [5.74, 6) is -3.05. The minimum absolute atomic E-state index is 0.155. The number of hydrogen-bond donors (Lipinski definition) is 1. The smallest absolute Gasteiger partial charge is 0.259 e. The number of epoxide rings is 1. The van der Waals surface area contributed by atoms with Gasteiger partial charge in [-0.3, -0.25) is 14.5 Å². The standard InChI is InChI=1S/C24H23F2N5O4/c25-24(26)7-5-17(6-8-24)30-22(32)21(16-9-27-13-28-10-16)31(23(33)20-12-34-20)18-3-1-15(2-4-18)19-11-29-14-35-19/h1-4,9-11,13-14,17,20-21H,5-8,12H2,(H,30,32)/t20-,21?/m0/s1. The maximum atomic E-state index is 13.6. The summed E-state index contributed by atoms with van der Waals surface area (Å²) in [7, 11) is 0. The molecule has 2 atom stereocenters. The van der Waals surface area contributed by atoms with Gasteiger partial charge in [0.05, 0.1) is 12.8 Å².